The molecule has 1 unspecified atom stereocenters. The average molecular weight is 300 g/mol. The number of hydrogen-bond acceptors (Lipinski definition) is 1. The van der Waals surface area contributed by atoms with Gasteiger partial charge in [0.25, 0.3) is 0 Å². The summed E-state index contributed by atoms with van der Waals surface area (Å²) >= 11 is 5.83. The van der Waals surface area contributed by atoms with E-state index in [0.717, 1.165) is 17.5 Å². The largest absolute Gasteiger partial charge is 0.346 e. The van der Waals surface area contributed by atoms with Crippen molar-refractivity contribution < 1.29 is 4.79 Å². The van der Waals surface area contributed by atoms with Crippen LogP contribution < -0.4 is 5.32 Å². The molecule has 1 atom stereocenters. The van der Waals surface area contributed by atoms with E-state index in [2.05, 4.69) is 12.2 Å². The van der Waals surface area contributed by atoms with E-state index in [1.165, 1.54) is 0 Å². The molecule has 0 spiro atoms. The van der Waals surface area contributed by atoms with Gasteiger partial charge < -0.3 is 5.32 Å². The molecule has 0 heterocycles. The number of halogens is 1. The number of amides is 1. The molecule has 0 aliphatic rings. The van der Waals surface area contributed by atoms with Crippen LogP contribution in [0, 0.1) is 0 Å². The topological polar surface area (TPSA) is 29.1 Å². The number of nitrogens with one attached hydrogen (secondary N) is 1. The van der Waals surface area contributed by atoms with E-state index >= 15 is 0 Å². The van der Waals surface area contributed by atoms with Crippen molar-refractivity contribution >= 4 is 23.6 Å². The molecule has 2 rings (SSSR count). The van der Waals surface area contributed by atoms with E-state index in [0.29, 0.717) is 5.02 Å². The van der Waals surface area contributed by atoms with Crippen molar-refractivity contribution in [2.75, 3.05) is 0 Å². The minimum absolute atomic E-state index is 0.0357. The summed E-state index contributed by atoms with van der Waals surface area (Å²) in [5.74, 6) is -0.0966. The fourth-order valence-electron chi connectivity index (χ4n) is 2.07. The molecule has 0 saturated carbocycles. The quantitative estimate of drug-likeness (QED) is 0.802. The number of carbonyl (C=O) groups excluding carboxylic acids is 1. The number of rotatable bonds is 5. The Morgan fingerprint density at radius 3 is 2.43 bits per heavy atom. The van der Waals surface area contributed by atoms with E-state index < -0.39 is 0 Å². The van der Waals surface area contributed by atoms with Gasteiger partial charge in [-0.2, -0.15) is 0 Å². The first-order valence-electron chi connectivity index (χ1n) is 6.98. The highest BCUT2D eigenvalue weighted by molar-refractivity contribution is 6.30. The lowest BCUT2D eigenvalue weighted by Gasteiger charge is -2.16. The molecule has 0 aliphatic heterocycles. The van der Waals surface area contributed by atoms with E-state index in [-0.39, 0.29) is 11.9 Å². The lowest BCUT2D eigenvalue weighted by atomic mass is 10.0. The van der Waals surface area contributed by atoms with Gasteiger partial charge in [-0.3, -0.25) is 4.79 Å². The van der Waals surface area contributed by atoms with Gasteiger partial charge in [0.15, 0.2) is 0 Å². The molecular weight excluding hydrogens is 282 g/mol. The van der Waals surface area contributed by atoms with Crippen molar-refractivity contribution in [2.24, 2.45) is 0 Å². The molecule has 2 aromatic rings. The highest BCUT2D eigenvalue weighted by Gasteiger charge is 2.10. The van der Waals surface area contributed by atoms with Crippen LogP contribution in [0.2, 0.25) is 5.02 Å². The van der Waals surface area contributed by atoms with Gasteiger partial charge >= 0.3 is 0 Å². The summed E-state index contributed by atoms with van der Waals surface area (Å²) in [6, 6.07) is 17.4. The van der Waals surface area contributed by atoms with E-state index in [1.54, 1.807) is 24.3 Å². The van der Waals surface area contributed by atoms with E-state index in [4.69, 9.17) is 11.6 Å². The van der Waals surface area contributed by atoms with Crippen LogP contribution in [-0.2, 0) is 4.79 Å². The van der Waals surface area contributed by atoms with Crippen LogP contribution in [0.5, 0.6) is 0 Å². The maximum Gasteiger partial charge on any atom is 0.244 e. The minimum atomic E-state index is -0.0966. The molecule has 1 N–H and O–H groups in total. The first-order valence-corrected chi connectivity index (χ1v) is 7.36. The molecule has 0 saturated heterocycles. The first-order chi connectivity index (χ1) is 10.2. The third kappa shape index (κ3) is 4.76. The van der Waals surface area contributed by atoms with Crippen molar-refractivity contribution in [3.63, 3.8) is 0 Å². The second kappa shape index (κ2) is 7.65. The Bertz CT molecular complexity index is 605. The van der Waals surface area contributed by atoms with Gasteiger partial charge in [-0.25, -0.2) is 0 Å². The lowest BCUT2D eigenvalue weighted by Crippen LogP contribution is -2.26. The van der Waals surface area contributed by atoms with Crippen molar-refractivity contribution in [3.05, 3.63) is 76.8 Å². The fourth-order valence-corrected chi connectivity index (χ4v) is 2.20. The Kier molecular flexibility index (Phi) is 5.59. The Labute approximate surface area is 130 Å². The highest BCUT2D eigenvalue weighted by Crippen LogP contribution is 2.16. The monoisotopic (exact) mass is 299 g/mol. The zero-order valence-corrected chi connectivity index (χ0v) is 12.7. The van der Waals surface area contributed by atoms with Gasteiger partial charge in [-0.05, 0) is 35.8 Å². The molecule has 21 heavy (non-hydrogen) atoms. The summed E-state index contributed by atoms with van der Waals surface area (Å²) in [6.45, 7) is 2.06. The molecule has 2 aromatic carbocycles. The van der Waals surface area contributed by atoms with Gasteiger partial charge in [-0.15, -0.1) is 0 Å². The number of benzene rings is 2. The third-order valence-corrected chi connectivity index (χ3v) is 3.48. The number of carbonyl (C=O) groups is 1. The van der Waals surface area contributed by atoms with Crippen LogP contribution >= 0.6 is 11.6 Å². The maximum atomic E-state index is 12.0. The Morgan fingerprint density at radius 2 is 1.81 bits per heavy atom. The summed E-state index contributed by atoms with van der Waals surface area (Å²) in [4.78, 5) is 12.0. The van der Waals surface area contributed by atoms with Crippen LogP contribution in [0.25, 0.3) is 6.08 Å². The molecule has 108 valence electrons. The SMILES string of the molecule is CCC(NC(=O)C=Cc1ccc(Cl)cc1)c1ccccc1. The second-order valence-corrected chi connectivity index (χ2v) is 5.20. The fraction of sp³-hybridized carbons (Fsp3) is 0.167. The van der Waals surface area contributed by atoms with Gasteiger partial charge in [0.1, 0.15) is 0 Å². The maximum absolute atomic E-state index is 12.0. The average Bonchev–Trinajstić information content (AvgIpc) is 2.53. The zero-order chi connectivity index (χ0) is 15.1. The number of hydrogen-bond donors (Lipinski definition) is 1. The molecule has 0 radical (unpaired) electrons. The van der Waals surface area contributed by atoms with Crippen LogP contribution in [-0.4, -0.2) is 5.91 Å². The molecule has 0 fully saturated rings. The molecule has 0 aliphatic carbocycles. The van der Waals surface area contributed by atoms with Gasteiger partial charge in [0, 0.05) is 11.1 Å². The summed E-state index contributed by atoms with van der Waals surface area (Å²) in [5.41, 5.74) is 2.07. The third-order valence-electron chi connectivity index (χ3n) is 3.22. The van der Waals surface area contributed by atoms with Crippen LogP contribution in [0.4, 0.5) is 0 Å². The highest BCUT2D eigenvalue weighted by atomic mass is 35.5. The summed E-state index contributed by atoms with van der Waals surface area (Å²) in [6.07, 6.45) is 4.18. The van der Waals surface area contributed by atoms with E-state index in [9.17, 15) is 4.79 Å². The normalized spacial score (nSPS) is 12.3. The predicted octanol–water partition coefficient (Wildman–Crippen LogP) is 4.62. The molecule has 1 amide bonds. The van der Waals surface area contributed by atoms with Crippen LogP contribution in [0.3, 0.4) is 0 Å². The van der Waals surface area contributed by atoms with Gasteiger partial charge in [0.2, 0.25) is 5.91 Å². The summed E-state index contributed by atoms with van der Waals surface area (Å²) in [7, 11) is 0. The van der Waals surface area contributed by atoms with Gasteiger partial charge in [0.05, 0.1) is 6.04 Å². The molecule has 3 heteroatoms. The van der Waals surface area contributed by atoms with Crippen molar-refractivity contribution in [1.29, 1.82) is 0 Å². The standard InChI is InChI=1S/C18H18ClNO/c1-2-17(15-6-4-3-5-7-15)20-18(21)13-10-14-8-11-16(19)12-9-14/h3-13,17H,2H2,1H3,(H,20,21). The smallest absolute Gasteiger partial charge is 0.244 e. The zero-order valence-electron chi connectivity index (χ0n) is 11.9. The predicted molar refractivity (Wildman–Crippen MR) is 88.1 cm³/mol. The summed E-state index contributed by atoms with van der Waals surface area (Å²) < 4.78 is 0. The minimum Gasteiger partial charge on any atom is -0.346 e. The Balaban J connectivity index is 1.98. The van der Waals surface area contributed by atoms with Crippen LogP contribution in [0.1, 0.15) is 30.5 Å². The van der Waals surface area contributed by atoms with Crippen molar-refractivity contribution in [2.45, 2.75) is 19.4 Å². The molecule has 2 nitrogen and oxygen atoms in total. The first kappa shape index (κ1) is 15.3. The molecule has 0 aromatic heterocycles. The van der Waals surface area contributed by atoms with Crippen molar-refractivity contribution in [3.8, 4) is 0 Å². The van der Waals surface area contributed by atoms with Crippen LogP contribution in [0.15, 0.2) is 60.7 Å². The summed E-state index contributed by atoms with van der Waals surface area (Å²) in [5, 5.41) is 3.70. The molecule has 0 bridgehead atoms. The van der Waals surface area contributed by atoms with E-state index in [1.807, 2.05) is 42.5 Å². The molecular formula is C18H18ClNO. The van der Waals surface area contributed by atoms with Crippen molar-refractivity contribution in [1.82, 2.24) is 5.32 Å². The Morgan fingerprint density at radius 1 is 1.14 bits per heavy atom. The van der Waals surface area contributed by atoms with Gasteiger partial charge in [-0.1, -0.05) is 61.0 Å². The Hall–Kier alpha value is -2.06. The lowest BCUT2D eigenvalue weighted by molar-refractivity contribution is -0.117. The second-order valence-electron chi connectivity index (χ2n) is 4.76.